The average molecular weight is 384 g/mol. The Balaban J connectivity index is 1.78. The molecule has 0 saturated carbocycles. The van der Waals surface area contributed by atoms with Crippen molar-refractivity contribution >= 4 is 17.7 Å². The van der Waals surface area contributed by atoms with E-state index in [2.05, 4.69) is 10.5 Å². The first-order valence-corrected chi connectivity index (χ1v) is 9.44. The topological polar surface area (TPSA) is 95.8 Å². The van der Waals surface area contributed by atoms with Gasteiger partial charge in [0.2, 0.25) is 5.91 Å². The Kier molecular flexibility index (Phi) is 6.41. The quantitative estimate of drug-likeness (QED) is 0.696. The van der Waals surface area contributed by atoms with Crippen LogP contribution in [0.5, 0.6) is 0 Å². The number of carbonyl (C=O) groups excluding carboxylic acids is 3. The molecule has 0 unspecified atom stereocenters. The summed E-state index contributed by atoms with van der Waals surface area (Å²) in [6.07, 6.45) is 3.28. The van der Waals surface area contributed by atoms with Gasteiger partial charge in [0.05, 0.1) is 12.7 Å². The summed E-state index contributed by atoms with van der Waals surface area (Å²) in [6.45, 7) is 3.48. The van der Waals surface area contributed by atoms with Gasteiger partial charge in [0.15, 0.2) is 5.76 Å². The number of nitrogens with one attached hydrogen (secondary N) is 1. The number of benzene rings is 1. The second-order valence-electron chi connectivity index (χ2n) is 6.65. The molecule has 148 valence electrons. The van der Waals surface area contributed by atoms with Crippen LogP contribution in [-0.4, -0.2) is 52.3 Å². The maximum Gasteiger partial charge on any atom is 0.313 e. The molecular weight excluding hydrogens is 360 g/mol. The summed E-state index contributed by atoms with van der Waals surface area (Å²) in [6, 6.07) is 9.77. The molecule has 0 bridgehead atoms. The molecule has 0 spiro atoms. The number of amides is 3. The standard InChI is InChI=1S/C20H24N4O4/c1-2-3-11-23-12-13-24(20(27)19(23)26)17(15-7-5-4-6-8-15)18(25)21-14-16-9-10-22-28-16/h4-10,17H,2-3,11-14H2,1H3,(H,21,25)/t17-/m0/s1. The summed E-state index contributed by atoms with van der Waals surface area (Å²) in [5.41, 5.74) is 0.653. The summed E-state index contributed by atoms with van der Waals surface area (Å²) in [5, 5.41) is 6.38. The van der Waals surface area contributed by atoms with Crippen LogP contribution in [0.15, 0.2) is 47.1 Å². The van der Waals surface area contributed by atoms with E-state index in [1.807, 2.05) is 13.0 Å². The largest absolute Gasteiger partial charge is 0.360 e. The van der Waals surface area contributed by atoms with Gasteiger partial charge in [-0.25, -0.2) is 0 Å². The summed E-state index contributed by atoms with van der Waals surface area (Å²) in [5.74, 6) is -1.06. The molecule has 28 heavy (non-hydrogen) atoms. The molecule has 1 aliphatic rings. The minimum atomic E-state index is -0.881. The van der Waals surface area contributed by atoms with Gasteiger partial charge in [-0.05, 0) is 12.0 Å². The third-order valence-electron chi connectivity index (χ3n) is 4.73. The number of carbonyl (C=O) groups is 3. The Morgan fingerprint density at radius 2 is 1.96 bits per heavy atom. The molecule has 1 aliphatic heterocycles. The summed E-state index contributed by atoms with van der Waals surface area (Å²) < 4.78 is 5.00. The van der Waals surface area contributed by atoms with E-state index >= 15 is 0 Å². The van der Waals surface area contributed by atoms with Crippen LogP contribution in [0, 0.1) is 0 Å². The Labute approximate surface area is 163 Å². The van der Waals surface area contributed by atoms with Crippen LogP contribution in [-0.2, 0) is 20.9 Å². The van der Waals surface area contributed by atoms with Crippen LogP contribution in [0.4, 0.5) is 0 Å². The molecule has 1 N–H and O–H groups in total. The van der Waals surface area contributed by atoms with Crippen LogP contribution in [0.2, 0.25) is 0 Å². The maximum absolute atomic E-state index is 13.0. The molecule has 1 atom stereocenters. The van der Waals surface area contributed by atoms with Crippen molar-refractivity contribution in [3.8, 4) is 0 Å². The zero-order valence-electron chi connectivity index (χ0n) is 15.8. The number of nitrogens with zero attached hydrogens (tertiary/aromatic N) is 3. The van der Waals surface area contributed by atoms with E-state index in [9.17, 15) is 14.4 Å². The van der Waals surface area contributed by atoms with Gasteiger partial charge in [-0.2, -0.15) is 0 Å². The maximum atomic E-state index is 13.0. The molecule has 3 rings (SSSR count). The number of unbranched alkanes of at least 4 members (excludes halogenated alkanes) is 1. The van der Waals surface area contributed by atoms with E-state index in [0.29, 0.717) is 31.0 Å². The molecule has 1 fully saturated rings. The number of hydrogen-bond donors (Lipinski definition) is 1. The van der Waals surface area contributed by atoms with Gasteiger partial charge in [0, 0.05) is 25.7 Å². The predicted molar refractivity (Wildman–Crippen MR) is 101 cm³/mol. The zero-order chi connectivity index (χ0) is 19.9. The SMILES string of the molecule is CCCCN1CCN([C@H](C(=O)NCc2ccno2)c2ccccc2)C(=O)C1=O. The fraction of sp³-hybridized carbons (Fsp3) is 0.400. The Hall–Kier alpha value is -3.16. The molecule has 0 aliphatic carbocycles. The van der Waals surface area contributed by atoms with Crippen LogP contribution < -0.4 is 5.32 Å². The van der Waals surface area contributed by atoms with Gasteiger partial charge >= 0.3 is 11.8 Å². The van der Waals surface area contributed by atoms with Crippen LogP contribution in [0.3, 0.4) is 0 Å². The zero-order valence-corrected chi connectivity index (χ0v) is 15.8. The molecule has 3 amide bonds. The highest BCUT2D eigenvalue weighted by Crippen LogP contribution is 2.24. The highest BCUT2D eigenvalue weighted by Gasteiger charge is 2.39. The summed E-state index contributed by atoms with van der Waals surface area (Å²) in [7, 11) is 0. The van der Waals surface area contributed by atoms with E-state index in [0.717, 1.165) is 12.8 Å². The third kappa shape index (κ3) is 4.39. The van der Waals surface area contributed by atoms with Crippen LogP contribution in [0.1, 0.15) is 37.1 Å². The normalized spacial score (nSPS) is 15.6. The Morgan fingerprint density at radius 1 is 1.18 bits per heavy atom. The van der Waals surface area contributed by atoms with Crippen LogP contribution in [0.25, 0.3) is 0 Å². The fourth-order valence-electron chi connectivity index (χ4n) is 3.21. The van der Waals surface area contributed by atoms with Crippen molar-refractivity contribution in [3.63, 3.8) is 0 Å². The lowest BCUT2D eigenvalue weighted by atomic mass is 10.0. The molecule has 0 radical (unpaired) electrons. The van der Waals surface area contributed by atoms with Gasteiger partial charge < -0.3 is 19.6 Å². The van der Waals surface area contributed by atoms with Crippen molar-refractivity contribution in [3.05, 3.63) is 53.9 Å². The molecular formula is C20H24N4O4. The molecule has 8 nitrogen and oxygen atoms in total. The van der Waals surface area contributed by atoms with Crippen molar-refractivity contribution in [2.45, 2.75) is 32.4 Å². The van der Waals surface area contributed by atoms with Crippen molar-refractivity contribution in [2.75, 3.05) is 19.6 Å². The summed E-state index contributed by atoms with van der Waals surface area (Å²) in [4.78, 5) is 41.2. The van der Waals surface area contributed by atoms with Crippen molar-refractivity contribution in [1.82, 2.24) is 20.3 Å². The Morgan fingerprint density at radius 3 is 2.64 bits per heavy atom. The van der Waals surface area contributed by atoms with E-state index in [-0.39, 0.29) is 12.5 Å². The second kappa shape index (κ2) is 9.16. The average Bonchev–Trinajstić information content (AvgIpc) is 3.24. The molecule has 1 aromatic carbocycles. The third-order valence-corrected chi connectivity index (χ3v) is 4.73. The minimum absolute atomic E-state index is 0.154. The predicted octanol–water partition coefficient (Wildman–Crippen LogP) is 1.50. The molecule has 8 heteroatoms. The first-order chi connectivity index (χ1) is 13.6. The van der Waals surface area contributed by atoms with Crippen molar-refractivity contribution < 1.29 is 18.9 Å². The Bertz CT molecular complexity index is 807. The van der Waals surface area contributed by atoms with E-state index in [1.54, 1.807) is 35.2 Å². The van der Waals surface area contributed by atoms with Crippen LogP contribution >= 0.6 is 0 Å². The van der Waals surface area contributed by atoms with Gasteiger partial charge in [0.1, 0.15) is 6.04 Å². The lowest BCUT2D eigenvalue weighted by Gasteiger charge is -2.38. The molecule has 1 saturated heterocycles. The monoisotopic (exact) mass is 384 g/mol. The number of piperazine rings is 1. The smallest absolute Gasteiger partial charge is 0.313 e. The highest BCUT2D eigenvalue weighted by atomic mass is 16.5. The molecule has 1 aromatic heterocycles. The lowest BCUT2D eigenvalue weighted by molar-refractivity contribution is -0.159. The summed E-state index contributed by atoms with van der Waals surface area (Å²) >= 11 is 0. The van der Waals surface area contributed by atoms with Crippen molar-refractivity contribution in [2.24, 2.45) is 0 Å². The molecule has 2 heterocycles. The number of aromatic nitrogens is 1. The second-order valence-corrected chi connectivity index (χ2v) is 6.65. The van der Waals surface area contributed by atoms with E-state index in [4.69, 9.17) is 4.52 Å². The minimum Gasteiger partial charge on any atom is -0.360 e. The van der Waals surface area contributed by atoms with Gasteiger partial charge in [-0.1, -0.05) is 48.8 Å². The number of hydrogen-bond acceptors (Lipinski definition) is 5. The highest BCUT2D eigenvalue weighted by molar-refractivity contribution is 6.35. The fourth-order valence-corrected chi connectivity index (χ4v) is 3.21. The van der Waals surface area contributed by atoms with Crippen molar-refractivity contribution in [1.29, 1.82) is 0 Å². The first kappa shape index (κ1) is 19.6. The first-order valence-electron chi connectivity index (χ1n) is 9.44. The van der Waals surface area contributed by atoms with E-state index in [1.165, 1.54) is 11.1 Å². The van der Waals surface area contributed by atoms with E-state index < -0.39 is 17.9 Å². The van der Waals surface area contributed by atoms with Gasteiger partial charge in [-0.3, -0.25) is 14.4 Å². The van der Waals surface area contributed by atoms with Gasteiger partial charge in [0.25, 0.3) is 0 Å². The van der Waals surface area contributed by atoms with Gasteiger partial charge in [-0.15, -0.1) is 0 Å². The number of rotatable bonds is 8. The molecule has 2 aromatic rings. The lowest BCUT2D eigenvalue weighted by Crippen LogP contribution is -2.57.